The number of hydrogen-bond donors (Lipinski definition) is 1. The Morgan fingerprint density at radius 3 is 2.50 bits per heavy atom. The SMILES string of the molecule is CC1=C(C#N)c2[nH+]c(N)c(C#N)c(C)c2/C1=C/c1ccccc1F. The van der Waals surface area contributed by atoms with Gasteiger partial charge in [0.15, 0.2) is 5.69 Å². The number of aromatic nitrogens is 1. The zero-order valence-corrected chi connectivity index (χ0v) is 13.2. The second-order valence-corrected chi connectivity index (χ2v) is 5.59. The molecule has 3 rings (SSSR count). The molecule has 1 aromatic heterocycles. The molecule has 3 N–H and O–H groups in total. The molecule has 0 saturated carbocycles. The van der Waals surface area contributed by atoms with Crippen molar-refractivity contribution >= 4 is 23.0 Å². The van der Waals surface area contributed by atoms with Gasteiger partial charge in [-0.3, -0.25) is 5.73 Å². The van der Waals surface area contributed by atoms with E-state index in [1.807, 2.05) is 0 Å². The third-order valence-electron chi connectivity index (χ3n) is 4.26. The van der Waals surface area contributed by atoms with E-state index in [2.05, 4.69) is 17.1 Å². The first-order chi connectivity index (χ1) is 11.5. The molecule has 24 heavy (non-hydrogen) atoms. The number of nitriles is 2. The smallest absolute Gasteiger partial charge is 0.286 e. The Balaban J connectivity index is 2.36. The lowest BCUT2D eigenvalue weighted by atomic mass is 9.95. The van der Waals surface area contributed by atoms with Crippen LogP contribution in [0.25, 0.3) is 17.2 Å². The fourth-order valence-electron chi connectivity index (χ4n) is 3.02. The quantitative estimate of drug-likeness (QED) is 0.875. The van der Waals surface area contributed by atoms with E-state index >= 15 is 0 Å². The van der Waals surface area contributed by atoms with Gasteiger partial charge in [0, 0.05) is 11.1 Å². The molecule has 1 heterocycles. The van der Waals surface area contributed by atoms with Crippen molar-refractivity contribution in [3.8, 4) is 12.1 Å². The zero-order chi connectivity index (χ0) is 17.4. The van der Waals surface area contributed by atoms with Crippen molar-refractivity contribution in [3.05, 3.63) is 63.6 Å². The van der Waals surface area contributed by atoms with E-state index in [4.69, 9.17) is 5.73 Å². The Morgan fingerprint density at radius 1 is 1.17 bits per heavy atom. The number of fused-ring (bicyclic) bond motifs is 1. The molecule has 0 fully saturated rings. The second-order valence-electron chi connectivity index (χ2n) is 5.59. The average Bonchev–Trinajstić information content (AvgIpc) is 2.81. The molecule has 5 heteroatoms. The third-order valence-corrected chi connectivity index (χ3v) is 4.26. The fraction of sp³-hybridized carbons (Fsp3) is 0.105. The zero-order valence-electron chi connectivity index (χ0n) is 13.2. The van der Waals surface area contributed by atoms with Crippen LogP contribution >= 0.6 is 0 Å². The highest BCUT2D eigenvalue weighted by molar-refractivity contribution is 6.07. The van der Waals surface area contributed by atoms with E-state index in [9.17, 15) is 14.9 Å². The molecule has 116 valence electrons. The summed E-state index contributed by atoms with van der Waals surface area (Å²) in [5.74, 6) is -0.121. The van der Waals surface area contributed by atoms with Crippen LogP contribution in [0.1, 0.15) is 34.9 Å². The van der Waals surface area contributed by atoms with Crippen LogP contribution in [0.5, 0.6) is 0 Å². The summed E-state index contributed by atoms with van der Waals surface area (Å²) in [5, 5.41) is 18.8. The van der Waals surface area contributed by atoms with Gasteiger partial charge in [-0.1, -0.05) is 18.2 Å². The Hall–Kier alpha value is -3.44. The minimum absolute atomic E-state index is 0.224. The number of nitrogen functional groups attached to an aromatic ring is 1. The number of nitrogens with one attached hydrogen (secondary N) is 1. The maximum atomic E-state index is 14.0. The average molecular weight is 317 g/mol. The maximum Gasteiger partial charge on any atom is 0.289 e. The minimum atomic E-state index is -0.345. The number of allylic oxidation sites excluding steroid dienone is 3. The van der Waals surface area contributed by atoms with Gasteiger partial charge >= 0.3 is 0 Å². The predicted octanol–water partition coefficient (Wildman–Crippen LogP) is 3.25. The van der Waals surface area contributed by atoms with E-state index in [1.165, 1.54) is 6.07 Å². The predicted molar refractivity (Wildman–Crippen MR) is 89.3 cm³/mol. The normalized spacial score (nSPS) is 14.5. The van der Waals surface area contributed by atoms with E-state index in [0.717, 1.165) is 16.7 Å². The van der Waals surface area contributed by atoms with E-state index in [-0.39, 0.29) is 11.6 Å². The molecule has 0 spiro atoms. The monoisotopic (exact) mass is 317 g/mol. The number of nitrogens with two attached hydrogens (primary N) is 1. The Morgan fingerprint density at radius 2 is 1.88 bits per heavy atom. The number of hydrogen-bond acceptors (Lipinski definition) is 3. The van der Waals surface area contributed by atoms with Crippen molar-refractivity contribution in [3.63, 3.8) is 0 Å². The molecule has 4 nitrogen and oxygen atoms in total. The van der Waals surface area contributed by atoms with Crippen molar-refractivity contribution < 1.29 is 9.37 Å². The summed E-state index contributed by atoms with van der Waals surface area (Å²) < 4.78 is 14.0. The van der Waals surface area contributed by atoms with E-state index in [1.54, 1.807) is 38.1 Å². The van der Waals surface area contributed by atoms with Gasteiger partial charge < -0.3 is 0 Å². The minimum Gasteiger partial charge on any atom is -0.286 e. The van der Waals surface area contributed by atoms with Crippen LogP contribution in [0.4, 0.5) is 10.2 Å². The van der Waals surface area contributed by atoms with Crippen LogP contribution in [0.2, 0.25) is 0 Å². The molecule has 2 aromatic rings. The highest BCUT2D eigenvalue weighted by atomic mass is 19.1. The van der Waals surface area contributed by atoms with Gasteiger partial charge in [0.2, 0.25) is 0 Å². The van der Waals surface area contributed by atoms with Crippen LogP contribution in [0.3, 0.4) is 0 Å². The number of H-pyrrole nitrogens is 1. The fourth-order valence-corrected chi connectivity index (χ4v) is 3.02. The molecular weight excluding hydrogens is 303 g/mol. The molecule has 1 aliphatic carbocycles. The largest absolute Gasteiger partial charge is 0.289 e. The summed E-state index contributed by atoms with van der Waals surface area (Å²) in [6.07, 6.45) is 1.70. The molecule has 0 amide bonds. The third kappa shape index (κ3) is 2.15. The summed E-state index contributed by atoms with van der Waals surface area (Å²) in [6.45, 7) is 3.59. The van der Waals surface area contributed by atoms with Gasteiger partial charge in [-0.2, -0.15) is 10.5 Å². The number of halogens is 1. The highest BCUT2D eigenvalue weighted by Gasteiger charge is 2.32. The van der Waals surface area contributed by atoms with Gasteiger partial charge in [0.25, 0.3) is 5.82 Å². The van der Waals surface area contributed by atoms with Gasteiger partial charge in [0.05, 0.1) is 0 Å². The van der Waals surface area contributed by atoms with Crippen LogP contribution in [0.15, 0.2) is 29.8 Å². The van der Waals surface area contributed by atoms with Crippen molar-refractivity contribution in [2.24, 2.45) is 0 Å². The van der Waals surface area contributed by atoms with E-state index in [0.29, 0.717) is 28.0 Å². The lowest BCUT2D eigenvalue weighted by Gasteiger charge is -2.08. The highest BCUT2D eigenvalue weighted by Crippen LogP contribution is 2.42. The van der Waals surface area contributed by atoms with Crippen molar-refractivity contribution in [1.29, 1.82) is 10.5 Å². The number of benzene rings is 1. The van der Waals surface area contributed by atoms with Crippen LogP contribution < -0.4 is 10.7 Å². The number of nitrogens with zero attached hydrogens (tertiary/aromatic N) is 2. The number of rotatable bonds is 1. The van der Waals surface area contributed by atoms with Gasteiger partial charge in [-0.15, -0.1) is 0 Å². The van der Waals surface area contributed by atoms with Gasteiger partial charge in [0.1, 0.15) is 29.1 Å². The van der Waals surface area contributed by atoms with Gasteiger partial charge in [-0.25, -0.2) is 9.37 Å². The summed E-state index contributed by atoms with van der Waals surface area (Å²) in [4.78, 5) is 2.95. The topological polar surface area (TPSA) is 87.7 Å². The molecule has 0 radical (unpaired) electrons. The van der Waals surface area contributed by atoms with Crippen LogP contribution in [-0.4, -0.2) is 0 Å². The second kappa shape index (κ2) is 5.64. The van der Waals surface area contributed by atoms with Crippen molar-refractivity contribution in [1.82, 2.24) is 0 Å². The summed E-state index contributed by atoms with van der Waals surface area (Å²) in [5.41, 5.74) is 10.5. The number of pyridine rings is 1. The van der Waals surface area contributed by atoms with Crippen molar-refractivity contribution in [2.45, 2.75) is 13.8 Å². The molecule has 0 atom stereocenters. The summed E-state index contributed by atoms with van der Waals surface area (Å²) in [7, 11) is 0. The molecule has 0 aliphatic heterocycles. The first-order valence-electron chi connectivity index (χ1n) is 7.33. The van der Waals surface area contributed by atoms with Crippen LogP contribution in [-0.2, 0) is 0 Å². The first-order valence-corrected chi connectivity index (χ1v) is 7.33. The van der Waals surface area contributed by atoms with E-state index < -0.39 is 0 Å². The number of aromatic amines is 1. The lowest BCUT2D eigenvalue weighted by Crippen LogP contribution is -2.20. The summed E-state index contributed by atoms with van der Waals surface area (Å²) >= 11 is 0. The first kappa shape index (κ1) is 15.5. The summed E-state index contributed by atoms with van der Waals surface area (Å²) in [6, 6.07) is 10.7. The molecule has 1 aromatic carbocycles. The van der Waals surface area contributed by atoms with Gasteiger partial charge in [-0.05, 0) is 42.7 Å². The van der Waals surface area contributed by atoms with Crippen LogP contribution in [0, 0.1) is 35.4 Å². The Bertz CT molecular complexity index is 1020. The standard InChI is InChI=1S/C19H13FN4/c1-10-13(7-12-5-3-4-6-16(12)20)17-11(2)15(9-22)19(23)24-18(17)14(10)8-21/h3-7H,1-2H3,(H2,23,24)/p+1/b13-7+. The van der Waals surface area contributed by atoms with Crippen molar-refractivity contribution in [2.75, 3.05) is 5.73 Å². The molecule has 0 unspecified atom stereocenters. The molecular formula is C19H14FN4+. The lowest BCUT2D eigenvalue weighted by molar-refractivity contribution is -0.364. The molecule has 1 aliphatic rings. The Labute approximate surface area is 139 Å². The molecule has 0 saturated heterocycles. The number of anilines is 1. The maximum absolute atomic E-state index is 14.0. The molecule has 0 bridgehead atoms. The Kier molecular flexibility index (Phi) is 3.63.